The molecule has 0 radical (unpaired) electrons. The number of benzene rings is 1. The summed E-state index contributed by atoms with van der Waals surface area (Å²) in [7, 11) is 0. The third-order valence-corrected chi connectivity index (χ3v) is 2.74. The minimum Gasteiger partial charge on any atom is -0.269 e. The summed E-state index contributed by atoms with van der Waals surface area (Å²) < 4.78 is 2.04. The van der Waals surface area contributed by atoms with Crippen LogP contribution in [-0.4, -0.2) is 9.78 Å². The largest absolute Gasteiger partial charge is 0.269 e. The van der Waals surface area contributed by atoms with Crippen molar-refractivity contribution in [1.29, 1.82) is 0 Å². The zero-order chi connectivity index (χ0) is 11.0. The van der Waals surface area contributed by atoms with Gasteiger partial charge in [0.15, 0.2) is 0 Å². The zero-order valence-corrected chi connectivity index (χ0v) is 9.86. The second-order valence-electron chi connectivity index (χ2n) is 4.64. The lowest BCUT2D eigenvalue weighted by Crippen LogP contribution is -2.00. The number of nitrogens with zero attached hydrogens (tertiary/aromatic N) is 2. The molecule has 0 amide bonds. The topological polar surface area (TPSA) is 17.8 Å². The maximum absolute atomic E-state index is 4.65. The highest BCUT2D eigenvalue weighted by atomic mass is 15.3. The number of aromatic nitrogens is 2. The minimum absolute atomic E-state index is 0.428. The minimum atomic E-state index is 0.428. The van der Waals surface area contributed by atoms with E-state index in [1.165, 1.54) is 10.9 Å². The van der Waals surface area contributed by atoms with Crippen LogP contribution in [0.25, 0.3) is 10.9 Å². The Hall–Kier alpha value is -1.31. The van der Waals surface area contributed by atoms with Crippen molar-refractivity contribution < 1.29 is 0 Å². The molecule has 1 aromatic heterocycles. The molecule has 0 aliphatic carbocycles. The van der Waals surface area contributed by atoms with E-state index in [0.717, 1.165) is 5.52 Å². The van der Waals surface area contributed by atoms with Gasteiger partial charge in [-0.25, -0.2) is 0 Å². The van der Waals surface area contributed by atoms with Crippen molar-refractivity contribution in [3.8, 4) is 0 Å². The second kappa shape index (κ2) is 3.69. The smallest absolute Gasteiger partial charge is 0.0957 e. The molecule has 0 saturated heterocycles. The quantitative estimate of drug-likeness (QED) is 0.725. The Labute approximate surface area is 90.9 Å². The third kappa shape index (κ3) is 1.76. The van der Waals surface area contributed by atoms with Crippen LogP contribution in [0.2, 0.25) is 0 Å². The van der Waals surface area contributed by atoms with Crippen molar-refractivity contribution in [3.63, 3.8) is 0 Å². The van der Waals surface area contributed by atoms with E-state index in [1.54, 1.807) is 0 Å². The number of fused-ring (bicyclic) bond motifs is 1. The fourth-order valence-corrected chi connectivity index (χ4v) is 1.82. The van der Waals surface area contributed by atoms with E-state index < -0.39 is 0 Å². The molecule has 0 atom stereocenters. The van der Waals surface area contributed by atoms with Crippen LogP contribution in [0.5, 0.6) is 0 Å². The number of hydrogen-bond donors (Lipinski definition) is 0. The molecule has 2 nitrogen and oxygen atoms in total. The van der Waals surface area contributed by atoms with Gasteiger partial charge in [0, 0.05) is 17.6 Å². The molecule has 0 saturated carbocycles. The van der Waals surface area contributed by atoms with Crippen molar-refractivity contribution in [1.82, 2.24) is 9.78 Å². The molecule has 0 N–H and O–H groups in total. The Morgan fingerprint density at radius 3 is 2.47 bits per heavy atom. The van der Waals surface area contributed by atoms with Gasteiger partial charge in [0.1, 0.15) is 0 Å². The number of hydrogen-bond acceptors (Lipinski definition) is 1. The molecule has 0 fully saturated rings. The predicted molar refractivity (Wildman–Crippen MR) is 64.2 cm³/mol. The summed E-state index contributed by atoms with van der Waals surface area (Å²) in [6, 6.07) is 6.85. The monoisotopic (exact) mass is 202 g/mol. The lowest BCUT2D eigenvalue weighted by Gasteiger charge is -2.05. The SMILES string of the molecule is CC(C)c1cccc2cn(C(C)C)nc12. The Balaban J connectivity index is 2.64. The maximum atomic E-state index is 4.65. The molecule has 1 heterocycles. The Morgan fingerprint density at radius 2 is 1.87 bits per heavy atom. The highest BCUT2D eigenvalue weighted by Crippen LogP contribution is 2.24. The summed E-state index contributed by atoms with van der Waals surface area (Å²) in [5.41, 5.74) is 2.49. The van der Waals surface area contributed by atoms with Crippen LogP contribution >= 0.6 is 0 Å². The van der Waals surface area contributed by atoms with E-state index in [2.05, 4.69) is 57.2 Å². The molecule has 80 valence electrons. The van der Waals surface area contributed by atoms with Crippen molar-refractivity contribution in [2.24, 2.45) is 0 Å². The third-order valence-electron chi connectivity index (χ3n) is 2.74. The second-order valence-corrected chi connectivity index (χ2v) is 4.64. The van der Waals surface area contributed by atoms with Crippen LogP contribution < -0.4 is 0 Å². The van der Waals surface area contributed by atoms with Crippen molar-refractivity contribution in [3.05, 3.63) is 30.0 Å². The molecule has 0 unspecified atom stereocenters. The summed E-state index contributed by atoms with van der Waals surface area (Å²) in [6.45, 7) is 8.73. The fraction of sp³-hybridized carbons (Fsp3) is 0.462. The van der Waals surface area contributed by atoms with Gasteiger partial charge in [-0.05, 0) is 25.3 Å². The van der Waals surface area contributed by atoms with Gasteiger partial charge in [-0.2, -0.15) is 5.10 Å². The van der Waals surface area contributed by atoms with Gasteiger partial charge in [-0.1, -0.05) is 32.0 Å². The van der Waals surface area contributed by atoms with Gasteiger partial charge in [-0.3, -0.25) is 4.68 Å². The van der Waals surface area contributed by atoms with Crippen LogP contribution in [0.4, 0.5) is 0 Å². The summed E-state index contributed by atoms with van der Waals surface area (Å²) >= 11 is 0. The summed E-state index contributed by atoms with van der Waals surface area (Å²) in [5, 5.41) is 5.90. The van der Waals surface area contributed by atoms with Gasteiger partial charge < -0.3 is 0 Å². The normalized spacial score (nSPS) is 11.9. The van der Waals surface area contributed by atoms with Crippen molar-refractivity contribution in [2.75, 3.05) is 0 Å². The molecular formula is C13H18N2. The first-order valence-corrected chi connectivity index (χ1v) is 5.57. The molecule has 2 rings (SSSR count). The van der Waals surface area contributed by atoms with E-state index >= 15 is 0 Å². The first-order chi connectivity index (χ1) is 7.09. The zero-order valence-electron chi connectivity index (χ0n) is 9.86. The lowest BCUT2D eigenvalue weighted by atomic mass is 10.0. The molecule has 0 aliphatic rings. The van der Waals surface area contributed by atoms with Crippen LogP contribution in [0.3, 0.4) is 0 Å². The molecule has 0 aliphatic heterocycles. The highest BCUT2D eigenvalue weighted by Gasteiger charge is 2.09. The van der Waals surface area contributed by atoms with Crippen LogP contribution in [0.15, 0.2) is 24.4 Å². The molecule has 2 aromatic rings. The summed E-state index contributed by atoms with van der Waals surface area (Å²) in [4.78, 5) is 0. The van der Waals surface area contributed by atoms with E-state index in [1.807, 2.05) is 4.68 Å². The summed E-state index contributed by atoms with van der Waals surface area (Å²) in [6.07, 6.45) is 2.13. The average Bonchev–Trinajstić information content (AvgIpc) is 2.60. The van der Waals surface area contributed by atoms with Gasteiger partial charge in [-0.15, -0.1) is 0 Å². The van der Waals surface area contributed by atoms with Crippen LogP contribution in [0.1, 0.15) is 45.2 Å². The average molecular weight is 202 g/mol. The van der Waals surface area contributed by atoms with Gasteiger partial charge in [0.05, 0.1) is 5.52 Å². The van der Waals surface area contributed by atoms with E-state index in [9.17, 15) is 0 Å². The van der Waals surface area contributed by atoms with Gasteiger partial charge in [0.25, 0.3) is 0 Å². The Morgan fingerprint density at radius 1 is 1.13 bits per heavy atom. The molecule has 0 spiro atoms. The Kier molecular flexibility index (Phi) is 2.51. The van der Waals surface area contributed by atoms with Gasteiger partial charge >= 0.3 is 0 Å². The molecule has 1 aromatic carbocycles. The first-order valence-electron chi connectivity index (χ1n) is 5.57. The van der Waals surface area contributed by atoms with Gasteiger partial charge in [0.2, 0.25) is 0 Å². The molecular weight excluding hydrogens is 184 g/mol. The standard InChI is InChI=1S/C13H18N2/c1-9(2)12-7-5-6-11-8-15(10(3)4)14-13(11)12/h5-10H,1-4H3. The first kappa shape index (κ1) is 10.2. The lowest BCUT2D eigenvalue weighted by molar-refractivity contribution is 0.537. The summed E-state index contributed by atoms with van der Waals surface area (Å²) in [5.74, 6) is 0.532. The number of rotatable bonds is 2. The predicted octanol–water partition coefficient (Wildman–Crippen LogP) is 3.74. The molecule has 15 heavy (non-hydrogen) atoms. The van der Waals surface area contributed by atoms with E-state index in [0.29, 0.717) is 12.0 Å². The molecule has 2 heteroatoms. The van der Waals surface area contributed by atoms with Crippen LogP contribution in [0, 0.1) is 0 Å². The highest BCUT2D eigenvalue weighted by molar-refractivity contribution is 5.81. The Bertz CT molecular complexity index is 466. The van der Waals surface area contributed by atoms with Crippen molar-refractivity contribution >= 4 is 10.9 Å². The molecule has 0 bridgehead atoms. The van der Waals surface area contributed by atoms with Crippen molar-refractivity contribution in [2.45, 2.75) is 39.7 Å². The van der Waals surface area contributed by atoms with E-state index in [4.69, 9.17) is 0 Å². The van der Waals surface area contributed by atoms with Crippen LogP contribution in [-0.2, 0) is 0 Å². The fourth-order valence-electron chi connectivity index (χ4n) is 1.82. The maximum Gasteiger partial charge on any atom is 0.0957 e. The van der Waals surface area contributed by atoms with E-state index in [-0.39, 0.29) is 0 Å².